The number of hydrogen-bond donors (Lipinski definition) is 0. The van der Waals surface area contributed by atoms with Crippen molar-refractivity contribution in [2.24, 2.45) is 4.99 Å². The Kier molecular flexibility index (Phi) is 5.05. The van der Waals surface area contributed by atoms with E-state index >= 15 is 0 Å². The standard InChI is InChI=1S/C18H10Cl3NO2/c19-13-7-5-11(15(21)10-13)6-8-17-22-16(18(23)24-17)9-12-3-1-2-4-14(12)20/h1-10H. The quantitative estimate of drug-likeness (QED) is 0.511. The smallest absolute Gasteiger partial charge is 0.363 e. The van der Waals surface area contributed by atoms with Gasteiger partial charge in [-0.1, -0.05) is 59.1 Å². The molecule has 3 rings (SSSR count). The molecule has 0 unspecified atom stereocenters. The molecular formula is C18H10Cl3NO2. The molecular weight excluding hydrogens is 369 g/mol. The molecule has 0 fully saturated rings. The summed E-state index contributed by atoms with van der Waals surface area (Å²) in [4.78, 5) is 16.1. The zero-order valence-corrected chi connectivity index (χ0v) is 14.4. The predicted octanol–water partition coefficient (Wildman–Crippen LogP) is 5.66. The Morgan fingerprint density at radius 2 is 1.71 bits per heavy atom. The molecule has 2 aromatic rings. The maximum atomic E-state index is 11.9. The highest BCUT2D eigenvalue weighted by Gasteiger charge is 2.21. The lowest BCUT2D eigenvalue weighted by Crippen LogP contribution is -2.01. The summed E-state index contributed by atoms with van der Waals surface area (Å²) in [6, 6.07) is 12.3. The lowest BCUT2D eigenvalue weighted by atomic mass is 10.2. The van der Waals surface area contributed by atoms with Crippen LogP contribution < -0.4 is 0 Å². The normalized spacial score (nSPS) is 15.9. The molecule has 0 saturated heterocycles. The van der Waals surface area contributed by atoms with Crippen molar-refractivity contribution in [3.8, 4) is 0 Å². The summed E-state index contributed by atoms with van der Waals surface area (Å²) in [7, 11) is 0. The van der Waals surface area contributed by atoms with Crippen LogP contribution >= 0.6 is 34.8 Å². The minimum Gasteiger partial charge on any atom is -0.403 e. The van der Waals surface area contributed by atoms with Gasteiger partial charge in [0.25, 0.3) is 0 Å². The summed E-state index contributed by atoms with van der Waals surface area (Å²) in [6.45, 7) is 0. The van der Waals surface area contributed by atoms with E-state index < -0.39 is 5.97 Å². The van der Waals surface area contributed by atoms with E-state index in [4.69, 9.17) is 39.5 Å². The van der Waals surface area contributed by atoms with Crippen LogP contribution in [0.3, 0.4) is 0 Å². The van der Waals surface area contributed by atoms with Crippen LogP contribution in [-0.2, 0) is 9.53 Å². The van der Waals surface area contributed by atoms with Gasteiger partial charge in [-0.15, -0.1) is 0 Å². The van der Waals surface area contributed by atoms with Crippen molar-refractivity contribution in [3.05, 3.63) is 80.4 Å². The zero-order valence-electron chi connectivity index (χ0n) is 12.2. The van der Waals surface area contributed by atoms with Gasteiger partial charge in [-0.25, -0.2) is 9.79 Å². The van der Waals surface area contributed by atoms with Crippen LogP contribution in [0.2, 0.25) is 15.1 Å². The van der Waals surface area contributed by atoms with Crippen molar-refractivity contribution >= 4 is 58.8 Å². The van der Waals surface area contributed by atoms with E-state index in [9.17, 15) is 4.79 Å². The number of ether oxygens (including phenoxy) is 1. The van der Waals surface area contributed by atoms with Crippen LogP contribution in [0, 0.1) is 0 Å². The highest BCUT2D eigenvalue weighted by Crippen LogP contribution is 2.24. The molecule has 120 valence electrons. The molecule has 1 aliphatic rings. The Hall–Kier alpha value is -2.07. The third-order valence-corrected chi connectivity index (χ3v) is 4.11. The van der Waals surface area contributed by atoms with Crippen molar-refractivity contribution in [2.75, 3.05) is 0 Å². The first-order valence-corrected chi connectivity index (χ1v) is 8.06. The molecule has 6 heteroatoms. The molecule has 2 aromatic carbocycles. The Labute approximate surface area is 153 Å². The number of carbonyl (C=O) groups is 1. The van der Waals surface area contributed by atoms with Gasteiger partial charge in [-0.05, 0) is 41.5 Å². The number of cyclic esters (lactones) is 1. The maximum Gasteiger partial charge on any atom is 0.363 e. The molecule has 0 aliphatic carbocycles. The Morgan fingerprint density at radius 1 is 0.917 bits per heavy atom. The van der Waals surface area contributed by atoms with E-state index in [1.807, 2.05) is 12.1 Å². The lowest BCUT2D eigenvalue weighted by molar-refractivity contribution is -0.129. The van der Waals surface area contributed by atoms with Crippen molar-refractivity contribution in [1.82, 2.24) is 0 Å². The van der Waals surface area contributed by atoms with Gasteiger partial charge < -0.3 is 4.74 Å². The number of nitrogens with zero attached hydrogens (tertiary/aromatic N) is 1. The Morgan fingerprint density at radius 3 is 2.46 bits per heavy atom. The lowest BCUT2D eigenvalue weighted by Gasteiger charge is -1.98. The van der Waals surface area contributed by atoms with E-state index in [1.165, 1.54) is 0 Å². The average Bonchev–Trinajstić information content (AvgIpc) is 2.89. The van der Waals surface area contributed by atoms with Crippen molar-refractivity contribution in [3.63, 3.8) is 0 Å². The van der Waals surface area contributed by atoms with Gasteiger partial charge in [0.05, 0.1) is 0 Å². The van der Waals surface area contributed by atoms with Gasteiger partial charge in [-0.2, -0.15) is 0 Å². The van der Waals surface area contributed by atoms with E-state index in [0.717, 1.165) is 5.56 Å². The first-order chi connectivity index (χ1) is 11.5. The number of esters is 1. The number of hydrogen-bond acceptors (Lipinski definition) is 3. The molecule has 0 radical (unpaired) electrons. The first kappa shape index (κ1) is 16.8. The zero-order chi connectivity index (χ0) is 17.1. The molecule has 3 nitrogen and oxygen atoms in total. The number of rotatable bonds is 3. The monoisotopic (exact) mass is 377 g/mol. The first-order valence-electron chi connectivity index (χ1n) is 6.93. The minimum atomic E-state index is -0.531. The highest BCUT2D eigenvalue weighted by molar-refractivity contribution is 6.35. The minimum absolute atomic E-state index is 0.185. The van der Waals surface area contributed by atoms with E-state index in [1.54, 1.807) is 48.6 Å². The van der Waals surface area contributed by atoms with Crippen LogP contribution in [0.1, 0.15) is 11.1 Å². The number of carbonyl (C=O) groups excluding carboxylic acids is 1. The Bertz CT molecular complexity index is 901. The highest BCUT2D eigenvalue weighted by atomic mass is 35.5. The van der Waals surface area contributed by atoms with Gasteiger partial charge in [0.15, 0.2) is 5.70 Å². The molecule has 0 spiro atoms. The van der Waals surface area contributed by atoms with Gasteiger partial charge in [0.2, 0.25) is 5.90 Å². The van der Waals surface area contributed by atoms with Crippen LogP contribution in [0.15, 0.2) is 59.2 Å². The summed E-state index contributed by atoms with van der Waals surface area (Å²) in [5.41, 5.74) is 1.62. The fraction of sp³-hybridized carbons (Fsp3) is 0. The number of aliphatic imine (C=N–C) groups is 1. The SMILES string of the molecule is O=C1OC(C=Cc2ccc(Cl)cc2Cl)=NC1=Cc1ccccc1Cl. The van der Waals surface area contributed by atoms with Crippen LogP contribution in [0.4, 0.5) is 0 Å². The van der Waals surface area contributed by atoms with E-state index in [-0.39, 0.29) is 11.6 Å². The summed E-state index contributed by atoms with van der Waals surface area (Å²) in [5, 5.41) is 1.58. The molecule has 0 saturated carbocycles. The summed E-state index contributed by atoms with van der Waals surface area (Å²) >= 11 is 18.0. The second-order valence-electron chi connectivity index (χ2n) is 4.89. The summed E-state index contributed by atoms with van der Waals surface area (Å²) in [6.07, 6.45) is 4.85. The second kappa shape index (κ2) is 7.22. The van der Waals surface area contributed by atoms with Gasteiger partial charge >= 0.3 is 5.97 Å². The third-order valence-electron chi connectivity index (χ3n) is 3.20. The number of benzene rings is 2. The molecule has 0 bridgehead atoms. The maximum absolute atomic E-state index is 11.9. The molecule has 0 N–H and O–H groups in total. The van der Waals surface area contributed by atoms with Gasteiger partial charge in [0, 0.05) is 21.1 Å². The van der Waals surface area contributed by atoms with Crippen LogP contribution in [0.25, 0.3) is 12.2 Å². The fourth-order valence-electron chi connectivity index (χ4n) is 2.03. The molecule has 24 heavy (non-hydrogen) atoms. The fourth-order valence-corrected chi connectivity index (χ4v) is 2.70. The van der Waals surface area contributed by atoms with Gasteiger partial charge in [0.1, 0.15) is 0 Å². The van der Waals surface area contributed by atoms with E-state index in [0.29, 0.717) is 20.6 Å². The van der Waals surface area contributed by atoms with Crippen molar-refractivity contribution in [1.29, 1.82) is 0 Å². The van der Waals surface area contributed by atoms with E-state index in [2.05, 4.69) is 4.99 Å². The second-order valence-corrected chi connectivity index (χ2v) is 6.14. The Balaban J connectivity index is 1.84. The van der Waals surface area contributed by atoms with Crippen molar-refractivity contribution in [2.45, 2.75) is 0 Å². The molecule has 0 amide bonds. The summed E-state index contributed by atoms with van der Waals surface area (Å²) < 4.78 is 5.12. The van der Waals surface area contributed by atoms with Crippen LogP contribution in [-0.4, -0.2) is 11.9 Å². The summed E-state index contributed by atoms with van der Waals surface area (Å²) in [5.74, 6) is -0.346. The number of halogens is 3. The van der Waals surface area contributed by atoms with Crippen LogP contribution in [0.5, 0.6) is 0 Å². The third kappa shape index (κ3) is 3.88. The molecule has 1 aliphatic heterocycles. The molecule has 0 aromatic heterocycles. The largest absolute Gasteiger partial charge is 0.403 e. The van der Waals surface area contributed by atoms with Gasteiger partial charge in [-0.3, -0.25) is 0 Å². The van der Waals surface area contributed by atoms with Crippen molar-refractivity contribution < 1.29 is 9.53 Å². The molecule has 1 heterocycles. The topological polar surface area (TPSA) is 38.7 Å². The predicted molar refractivity (Wildman–Crippen MR) is 98.5 cm³/mol. The molecule has 0 atom stereocenters. The average molecular weight is 379 g/mol.